The van der Waals surface area contributed by atoms with Gasteiger partial charge in [-0.2, -0.15) is 10.2 Å². The third kappa shape index (κ3) is 10.3. The molecule has 0 saturated carbocycles. The number of unbranched alkanes of at least 4 members (excludes halogenated alkanes) is 1. The van der Waals surface area contributed by atoms with Gasteiger partial charge in [-0.1, -0.05) is 11.8 Å². The highest BCUT2D eigenvalue weighted by Crippen LogP contribution is 2.50. The molecule has 0 bridgehead atoms. The second-order valence-electron chi connectivity index (χ2n) is 10.3. The summed E-state index contributed by atoms with van der Waals surface area (Å²) in [7, 11) is -2.65. The molecular formula is C27H44N4O7P2. The summed E-state index contributed by atoms with van der Waals surface area (Å²) in [4.78, 5) is 17.0. The van der Waals surface area contributed by atoms with E-state index in [1.165, 1.54) is 11.7 Å². The number of rotatable bonds is 15. The minimum absolute atomic E-state index is 0.103. The average molecular weight is 599 g/mol. The first-order valence-corrected chi connectivity index (χ1v) is 17.0. The standard InChI is InChI=1S/C27H44N4O7P2/c1-20(2)31(21(3)4)39(36-16-11-14-28)38-25-18-26(37-24(25)13-15-32)30-19-23(22(5)29-27(30)33)12-9-8-10-17-40(7,34)35-6/h19-21,24-26,32H,8,10-11,13,15-18H2,1-7H3. The van der Waals surface area contributed by atoms with Crippen LogP contribution in [0.25, 0.3) is 0 Å². The number of hydrogen-bond acceptors (Lipinski definition) is 10. The Morgan fingerprint density at radius 1 is 1.32 bits per heavy atom. The van der Waals surface area contributed by atoms with E-state index in [0.717, 1.165) is 0 Å². The van der Waals surface area contributed by atoms with Crippen LogP contribution >= 0.6 is 15.9 Å². The summed E-state index contributed by atoms with van der Waals surface area (Å²) in [5.41, 5.74) is 0.663. The molecule has 1 saturated heterocycles. The first kappa shape index (κ1) is 34.6. The SMILES string of the molecule is COP(C)(=O)CCCC#Cc1cn(C2CC(OP(OCCC#N)N(C(C)C)C(C)C)C(CCO)O2)c(=O)nc1C. The molecule has 0 amide bonds. The zero-order valence-corrected chi connectivity index (χ0v) is 26.5. The second kappa shape index (κ2) is 16.7. The zero-order chi connectivity index (χ0) is 29.9. The molecule has 11 nitrogen and oxygen atoms in total. The predicted molar refractivity (Wildman–Crippen MR) is 155 cm³/mol. The van der Waals surface area contributed by atoms with Crippen molar-refractivity contribution < 1.29 is 28.0 Å². The van der Waals surface area contributed by atoms with Gasteiger partial charge in [0.25, 0.3) is 8.53 Å². The van der Waals surface area contributed by atoms with E-state index in [0.29, 0.717) is 43.1 Å². The molecule has 1 aliphatic rings. The number of hydrogen-bond donors (Lipinski definition) is 1. The Morgan fingerprint density at radius 2 is 2.02 bits per heavy atom. The van der Waals surface area contributed by atoms with Crippen LogP contribution < -0.4 is 5.69 Å². The Hall–Kier alpha value is -1.65. The lowest BCUT2D eigenvalue weighted by atomic mass is 10.1. The maximum atomic E-state index is 12.9. The lowest BCUT2D eigenvalue weighted by molar-refractivity contribution is -0.0289. The second-order valence-corrected chi connectivity index (χ2v) is 14.6. The number of nitrogens with zero attached hydrogens (tertiary/aromatic N) is 4. The Balaban J connectivity index is 2.26. The normalized spacial score (nSPS) is 21.3. The molecule has 40 heavy (non-hydrogen) atoms. The highest BCUT2D eigenvalue weighted by Gasteiger charge is 2.41. The van der Waals surface area contributed by atoms with Gasteiger partial charge in [0.15, 0.2) is 7.37 Å². The monoisotopic (exact) mass is 598 g/mol. The molecule has 2 heterocycles. The van der Waals surface area contributed by atoms with Crippen molar-refractivity contribution in [2.24, 2.45) is 0 Å². The third-order valence-electron chi connectivity index (χ3n) is 6.41. The summed E-state index contributed by atoms with van der Waals surface area (Å²) < 4.78 is 39.4. The molecule has 1 aromatic heterocycles. The molecule has 1 aliphatic heterocycles. The number of aliphatic hydroxyl groups excluding tert-OH is 1. The van der Waals surface area contributed by atoms with Crippen LogP contribution in [-0.4, -0.2) is 76.8 Å². The van der Waals surface area contributed by atoms with E-state index in [4.69, 9.17) is 23.6 Å². The van der Waals surface area contributed by atoms with E-state index in [1.807, 2.05) is 0 Å². The van der Waals surface area contributed by atoms with Gasteiger partial charge >= 0.3 is 5.69 Å². The van der Waals surface area contributed by atoms with Gasteiger partial charge in [0.2, 0.25) is 0 Å². The fraction of sp³-hybridized carbons (Fsp3) is 0.741. The minimum Gasteiger partial charge on any atom is -0.396 e. The summed E-state index contributed by atoms with van der Waals surface area (Å²) in [6.45, 7) is 11.7. The van der Waals surface area contributed by atoms with Crippen molar-refractivity contribution in [1.82, 2.24) is 14.2 Å². The van der Waals surface area contributed by atoms with Gasteiger partial charge in [-0.3, -0.25) is 9.13 Å². The van der Waals surface area contributed by atoms with Crippen LogP contribution in [-0.2, 0) is 22.9 Å². The Kier molecular flexibility index (Phi) is 14.4. The number of aromatic nitrogens is 2. The summed E-state index contributed by atoms with van der Waals surface area (Å²) >= 11 is 0. The van der Waals surface area contributed by atoms with Crippen molar-refractivity contribution in [3.63, 3.8) is 0 Å². The quantitative estimate of drug-likeness (QED) is 0.174. The molecule has 5 unspecified atom stereocenters. The van der Waals surface area contributed by atoms with Crippen LogP contribution in [0.2, 0.25) is 0 Å². The number of aryl methyl sites for hydroxylation is 1. The summed E-state index contributed by atoms with van der Waals surface area (Å²) in [5.74, 6) is 6.15. The van der Waals surface area contributed by atoms with E-state index >= 15 is 0 Å². The van der Waals surface area contributed by atoms with Gasteiger partial charge in [-0.25, -0.2) is 9.46 Å². The summed E-state index contributed by atoms with van der Waals surface area (Å²) in [6.07, 6.45) is 2.64. The van der Waals surface area contributed by atoms with Crippen LogP contribution in [0.3, 0.4) is 0 Å². The van der Waals surface area contributed by atoms with E-state index < -0.39 is 40.0 Å². The Bertz CT molecular complexity index is 1150. The lowest BCUT2D eigenvalue weighted by Gasteiger charge is -2.37. The van der Waals surface area contributed by atoms with E-state index in [1.54, 1.807) is 19.8 Å². The van der Waals surface area contributed by atoms with Crippen LogP contribution in [0.4, 0.5) is 0 Å². The van der Waals surface area contributed by atoms with E-state index in [9.17, 15) is 14.5 Å². The van der Waals surface area contributed by atoms with Gasteiger partial charge in [0.1, 0.15) is 6.23 Å². The molecule has 1 fully saturated rings. The first-order valence-electron chi connectivity index (χ1n) is 13.7. The lowest BCUT2D eigenvalue weighted by Crippen LogP contribution is -2.36. The van der Waals surface area contributed by atoms with Crippen molar-refractivity contribution in [3.05, 3.63) is 27.9 Å². The van der Waals surface area contributed by atoms with E-state index in [-0.39, 0.29) is 31.7 Å². The number of aliphatic hydroxyl groups is 1. The van der Waals surface area contributed by atoms with Crippen molar-refractivity contribution in [3.8, 4) is 17.9 Å². The Morgan fingerprint density at radius 3 is 2.62 bits per heavy atom. The zero-order valence-electron chi connectivity index (χ0n) is 24.7. The molecule has 5 atom stereocenters. The molecule has 1 aromatic rings. The van der Waals surface area contributed by atoms with E-state index in [2.05, 4.69) is 55.3 Å². The number of ether oxygens (including phenoxy) is 1. The smallest absolute Gasteiger partial charge is 0.349 e. The van der Waals surface area contributed by atoms with Gasteiger partial charge < -0.3 is 23.4 Å². The summed E-state index contributed by atoms with van der Waals surface area (Å²) in [5, 5.41) is 18.7. The van der Waals surface area contributed by atoms with Crippen LogP contribution in [0.1, 0.15) is 77.3 Å². The maximum Gasteiger partial charge on any atom is 0.349 e. The minimum atomic E-state index is -2.57. The molecule has 0 spiro atoms. The van der Waals surface area contributed by atoms with Gasteiger partial charge in [0, 0.05) is 57.7 Å². The van der Waals surface area contributed by atoms with Gasteiger partial charge in [-0.05, 0) is 47.5 Å². The third-order valence-corrected chi connectivity index (χ3v) is 10.5. The van der Waals surface area contributed by atoms with Crippen LogP contribution in [0.5, 0.6) is 0 Å². The molecule has 1 N–H and O–H groups in total. The molecule has 13 heteroatoms. The Labute approximate surface area is 239 Å². The van der Waals surface area contributed by atoms with Crippen LogP contribution in [0, 0.1) is 30.1 Å². The van der Waals surface area contributed by atoms with Crippen molar-refractivity contribution in [2.75, 3.05) is 33.2 Å². The molecular weight excluding hydrogens is 554 g/mol. The molecule has 2 rings (SSSR count). The average Bonchev–Trinajstić information content (AvgIpc) is 3.26. The summed E-state index contributed by atoms with van der Waals surface area (Å²) in [6, 6.07) is 2.36. The van der Waals surface area contributed by atoms with Crippen molar-refractivity contribution in [2.45, 2.75) is 97.2 Å². The fourth-order valence-electron chi connectivity index (χ4n) is 4.36. The highest BCUT2D eigenvalue weighted by molar-refractivity contribution is 7.58. The van der Waals surface area contributed by atoms with Crippen molar-refractivity contribution in [1.29, 1.82) is 5.26 Å². The fourth-order valence-corrected chi connectivity index (χ4v) is 7.03. The van der Waals surface area contributed by atoms with Gasteiger partial charge in [0.05, 0.1) is 42.6 Å². The first-order chi connectivity index (χ1) is 18.9. The largest absolute Gasteiger partial charge is 0.396 e. The molecule has 0 radical (unpaired) electrons. The number of nitriles is 1. The van der Waals surface area contributed by atoms with Gasteiger partial charge in [-0.15, -0.1) is 0 Å². The highest BCUT2D eigenvalue weighted by atomic mass is 31.2. The molecule has 224 valence electrons. The van der Waals surface area contributed by atoms with Crippen LogP contribution in [0.15, 0.2) is 11.0 Å². The molecule has 0 aromatic carbocycles. The maximum absolute atomic E-state index is 12.9. The topological polar surface area (TPSA) is 136 Å². The molecule has 0 aliphatic carbocycles. The predicted octanol–water partition coefficient (Wildman–Crippen LogP) is 4.57. The van der Waals surface area contributed by atoms with Crippen molar-refractivity contribution >= 4 is 15.9 Å².